The third kappa shape index (κ3) is 7.56. The normalized spacial score (nSPS) is 46.0. The van der Waals surface area contributed by atoms with E-state index < -0.39 is 0 Å². The molecule has 6 unspecified atom stereocenters. The first-order valence-corrected chi connectivity index (χ1v) is 23.8. The van der Waals surface area contributed by atoms with Gasteiger partial charge in [0, 0.05) is 61.9 Å². The highest BCUT2D eigenvalue weighted by atomic mass is 15.3. The lowest BCUT2D eigenvalue weighted by atomic mass is 9.65. The number of hydrogen-bond acceptors (Lipinski definition) is 4. The summed E-state index contributed by atoms with van der Waals surface area (Å²) >= 11 is 0. The Morgan fingerprint density at radius 3 is 1.58 bits per heavy atom. The van der Waals surface area contributed by atoms with Crippen molar-refractivity contribution in [2.75, 3.05) is 19.6 Å². The van der Waals surface area contributed by atoms with Gasteiger partial charge in [-0.2, -0.15) is 0 Å². The molecule has 0 amide bonds. The van der Waals surface area contributed by atoms with Crippen molar-refractivity contribution in [1.82, 2.24) is 20.4 Å². The number of piperazine rings is 1. The van der Waals surface area contributed by atoms with E-state index in [1.54, 1.807) is 70.6 Å². The zero-order valence-corrected chi connectivity index (χ0v) is 32.6. The van der Waals surface area contributed by atoms with E-state index in [9.17, 15) is 0 Å². The molecule has 50 heavy (non-hydrogen) atoms. The molecule has 9 fully saturated rings. The number of nitrogens with one attached hydrogen (secondary N) is 2. The molecule has 9 aliphatic rings. The van der Waals surface area contributed by atoms with Crippen molar-refractivity contribution in [3.8, 4) is 0 Å². The largest absolute Gasteiger partial charge is 0.314 e. The lowest BCUT2D eigenvalue weighted by Gasteiger charge is -2.49. The average Bonchev–Trinajstić information content (AvgIpc) is 3.53. The molecule has 4 nitrogen and oxygen atoms in total. The predicted molar refractivity (Wildman–Crippen MR) is 209 cm³/mol. The highest BCUT2D eigenvalue weighted by molar-refractivity contribution is 5.07. The van der Waals surface area contributed by atoms with Gasteiger partial charge in [-0.05, 0) is 176 Å². The summed E-state index contributed by atoms with van der Waals surface area (Å²) in [6.07, 6.45) is 44.5. The first-order valence-electron chi connectivity index (χ1n) is 23.8. The van der Waals surface area contributed by atoms with E-state index in [1.807, 2.05) is 0 Å². The van der Waals surface area contributed by atoms with E-state index in [0.29, 0.717) is 0 Å². The van der Waals surface area contributed by atoms with Crippen LogP contribution in [0.1, 0.15) is 186 Å². The lowest BCUT2D eigenvalue weighted by molar-refractivity contribution is 0.00237. The van der Waals surface area contributed by atoms with Gasteiger partial charge in [0.15, 0.2) is 0 Å². The Morgan fingerprint density at radius 1 is 0.400 bits per heavy atom. The van der Waals surface area contributed by atoms with Gasteiger partial charge in [-0.15, -0.1) is 0 Å². The zero-order valence-electron chi connectivity index (χ0n) is 32.6. The van der Waals surface area contributed by atoms with Crippen molar-refractivity contribution < 1.29 is 0 Å². The first-order chi connectivity index (χ1) is 24.8. The van der Waals surface area contributed by atoms with Crippen LogP contribution < -0.4 is 10.6 Å². The topological polar surface area (TPSA) is 30.5 Å². The summed E-state index contributed by atoms with van der Waals surface area (Å²) in [6.45, 7) is 3.55. The molecule has 0 bridgehead atoms. The smallest absolute Gasteiger partial charge is 0.0221 e. The number of rotatable bonds is 7. The predicted octanol–water partition coefficient (Wildman–Crippen LogP) is 10.1. The standard InChI is InChI=1S/C46H80N4/c1-3-9-38(10-4-1)49(39-11-5-2-6-12-39)40-24-21-35(22-25-40)37-23-28-46-43(31-37)42-13-7-8-14-45(42)50(46)41-26-19-34(20-27-41)33-15-17-36(18-16-33)44-32-47-29-30-48-44/h33-48H,1-32H2. The van der Waals surface area contributed by atoms with Crippen molar-refractivity contribution in [2.45, 2.75) is 228 Å². The van der Waals surface area contributed by atoms with Crippen molar-refractivity contribution in [1.29, 1.82) is 0 Å². The van der Waals surface area contributed by atoms with Crippen LogP contribution in [0.3, 0.4) is 0 Å². The summed E-state index contributed by atoms with van der Waals surface area (Å²) in [7, 11) is 0. The van der Waals surface area contributed by atoms with Gasteiger partial charge < -0.3 is 10.6 Å². The van der Waals surface area contributed by atoms with Crippen LogP contribution in [0.15, 0.2) is 0 Å². The van der Waals surface area contributed by atoms with Gasteiger partial charge in [0.2, 0.25) is 0 Å². The van der Waals surface area contributed by atoms with Gasteiger partial charge in [-0.1, -0.05) is 51.4 Å². The van der Waals surface area contributed by atoms with Crippen LogP contribution in [0.5, 0.6) is 0 Å². The molecule has 2 aliphatic heterocycles. The fourth-order valence-corrected chi connectivity index (χ4v) is 15.7. The second-order valence-corrected chi connectivity index (χ2v) is 20.4. The summed E-state index contributed by atoms with van der Waals surface area (Å²) in [6, 6.07) is 6.39. The van der Waals surface area contributed by atoms with Crippen molar-refractivity contribution >= 4 is 0 Å². The van der Waals surface area contributed by atoms with Crippen LogP contribution in [-0.2, 0) is 0 Å². The van der Waals surface area contributed by atoms with E-state index in [-0.39, 0.29) is 0 Å². The SMILES string of the molecule is C1CCC(N(C2CCCCC2)C2CCC(C3CCC4C(C3)C3CCCCC3N4C3CCC(C4CCC(C5CNCCN5)CC4)CC3)CC2)CC1. The molecule has 0 radical (unpaired) electrons. The summed E-state index contributed by atoms with van der Waals surface area (Å²) < 4.78 is 0. The van der Waals surface area contributed by atoms with Crippen molar-refractivity contribution in [3.05, 3.63) is 0 Å². The number of fused-ring (bicyclic) bond motifs is 3. The average molecular weight is 689 g/mol. The Hall–Kier alpha value is -0.160. The van der Waals surface area contributed by atoms with Crippen molar-refractivity contribution in [3.63, 3.8) is 0 Å². The molecule has 0 aromatic heterocycles. The molecule has 2 N–H and O–H groups in total. The summed E-state index contributed by atoms with van der Waals surface area (Å²) in [5, 5.41) is 7.50. The Labute approximate surface area is 309 Å². The van der Waals surface area contributed by atoms with Gasteiger partial charge >= 0.3 is 0 Å². The Balaban J connectivity index is 0.787. The van der Waals surface area contributed by atoms with Gasteiger partial charge in [0.05, 0.1) is 0 Å². The van der Waals surface area contributed by atoms with E-state index >= 15 is 0 Å². The van der Waals surface area contributed by atoms with Crippen LogP contribution in [0.4, 0.5) is 0 Å². The Kier molecular flexibility index (Phi) is 11.9. The highest BCUT2D eigenvalue weighted by Gasteiger charge is 2.54. The van der Waals surface area contributed by atoms with E-state index in [4.69, 9.17) is 0 Å². The minimum atomic E-state index is 0.750. The maximum Gasteiger partial charge on any atom is 0.0221 e. The highest BCUT2D eigenvalue weighted by Crippen LogP contribution is 2.55. The van der Waals surface area contributed by atoms with Gasteiger partial charge in [-0.3, -0.25) is 9.80 Å². The fourth-order valence-electron chi connectivity index (χ4n) is 15.7. The molecule has 7 saturated carbocycles. The molecular formula is C46H80N4. The first kappa shape index (κ1) is 35.5. The molecule has 6 atom stereocenters. The van der Waals surface area contributed by atoms with E-state index in [0.717, 1.165) is 90.3 Å². The van der Waals surface area contributed by atoms with Crippen molar-refractivity contribution in [2.24, 2.45) is 41.4 Å². The second-order valence-electron chi connectivity index (χ2n) is 20.4. The quantitative estimate of drug-likeness (QED) is 0.279. The third-order valence-corrected chi connectivity index (χ3v) is 18.1. The monoisotopic (exact) mass is 689 g/mol. The number of nitrogens with zero attached hydrogens (tertiary/aromatic N) is 2. The molecule has 0 aromatic rings. The van der Waals surface area contributed by atoms with Gasteiger partial charge in [0.25, 0.3) is 0 Å². The van der Waals surface area contributed by atoms with E-state index in [2.05, 4.69) is 20.4 Å². The maximum atomic E-state index is 3.85. The van der Waals surface area contributed by atoms with Gasteiger partial charge in [-0.25, -0.2) is 0 Å². The summed E-state index contributed by atoms with van der Waals surface area (Å²) in [5.74, 6) is 7.24. The Bertz CT molecular complexity index is 1000. The van der Waals surface area contributed by atoms with Crippen LogP contribution in [-0.4, -0.2) is 71.7 Å². The minimum Gasteiger partial charge on any atom is -0.314 e. The van der Waals surface area contributed by atoms with Gasteiger partial charge in [0.1, 0.15) is 0 Å². The molecule has 7 aliphatic carbocycles. The van der Waals surface area contributed by atoms with E-state index in [1.165, 1.54) is 129 Å². The Morgan fingerprint density at radius 2 is 0.920 bits per heavy atom. The molecule has 0 aromatic carbocycles. The minimum absolute atomic E-state index is 0.750. The van der Waals surface area contributed by atoms with Crippen LogP contribution in [0.25, 0.3) is 0 Å². The molecule has 9 rings (SSSR count). The summed E-state index contributed by atoms with van der Waals surface area (Å²) in [4.78, 5) is 6.53. The van der Waals surface area contributed by atoms with Crippen LogP contribution in [0, 0.1) is 41.4 Å². The molecule has 2 saturated heterocycles. The zero-order chi connectivity index (χ0) is 33.3. The molecule has 284 valence electrons. The molecule has 4 heteroatoms. The van der Waals surface area contributed by atoms with Crippen LogP contribution >= 0.6 is 0 Å². The molecular weight excluding hydrogens is 609 g/mol. The lowest BCUT2D eigenvalue weighted by Crippen LogP contribution is -2.52. The maximum absolute atomic E-state index is 3.85. The third-order valence-electron chi connectivity index (χ3n) is 18.1. The second kappa shape index (κ2) is 16.7. The number of likely N-dealkylation sites (tertiary alicyclic amines) is 1. The summed E-state index contributed by atoms with van der Waals surface area (Å²) in [5.41, 5.74) is 0. The molecule has 2 heterocycles. The van der Waals surface area contributed by atoms with Crippen LogP contribution in [0.2, 0.25) is 0 Å². The molecule has 0 spiro atoms. The fraction of sp³-hybridized carbons (Fsp3) is 1.00. The number of hydrogen-bond donors (Lipinski definition) is 2.